The molecule has 2 aromatic carbocycles. The Bertz CT molecular complexity index is 697. The van der Waals surface area contributed by atoms with Crippen molar-refractivity contribution in [3.05, 3.63) is 69.5 Å². The number of methoxy groups -OCH3 is 1. The van der Waals surface area contributed by atoms with Crippen LogP contribution in [0.25, 0.3) is 6.08 Å². The Morgan fingerprint density at radius 2 is 1.76 bits per heavy atom. The lowest BCUT2D eigenvalue weighted by atomic mass is 10.1. The van der Waals surface area contributed by atoms with Gasteiger partial charge in [-0.3, -0.25) is 4.79 Å². The second-order valence-electron chi connectivity index (χ2n) is 4.18. The zero-order valence-corrected chi connectivity index (χ0v) is 12.6. The number of carbonyl (C=O) groups is 1. The van der Waals surface area contributed by atoms with Gasteiger partial charge in [0, 0.05) is 5.56 Å². The van der Waals surface area contributed by atoms with Crippen LogP contribution in [0.4, 0.5) is 4.39 Å². The van der Waals surface area contributed by atoms with Crippen LogP contribution in [0.15, 0.2) is 48.3 Å². The smallest absolute Gasteiger partial charge is 0.222 e. The molecular formula is C16H11Cl2FO2. The highest BCUT2D eigenvalue weighted by Crippen LogP contribution is 2.35. The minimum absolute atomic E-state index is 0.00727. The number of carbonyl (C=O) groups excluding carboxylic acids is 1. The fourth-order valence-electron chi connectivity index (χ4n) is 1.75. The Kier molecular flexibility index (Phi) is 4.99. The van der Waals surface area contributed by atoms with Crippen molar-refractivity contribution in [3.63, 3.8) is 0 Å². The van der Waals surface area contributed by atoms with Crippen LogP contribution in [-0.2, 0) is 0 Å². The van der Waals surface area contributed by atoms with Gasteiger partial charge < -0.3 is 4.74 Å². The number of benzene rings is 2. The SMILES string of the molecule is COc1ccc(C(=O)/C(F)=C/c2ccccc2)c(Cl)c1Cl. The average molecular weight is 325 g/mol. The van der Waals surface area contributed by atoms with E-state index in [1.54, 1.807) is 30.3 Å². The second-order valence-corrected chi connectivity index (χ2v) is 4.93. The summed E-state index contributed by atoms with van der Waals surface area (Å²) in [6, 6.07) is 11.5. The van der Waals surface area contributed by atoms with E-state index < -0.39 is 11.6 Å². The van der Waals surface area contributed by atoms with Crippen molar-refractivity contribution in [2.24, 2.45) is 0 Å². The Morgan fingerprint density at radius 3 is 2.38 bits per heavy atom. The Morgan fingerprint density at radius 1 is 1.10 bits per heavy atom. The highest BCUT2D eigenvalue weighted by molar-refractivity contribution is 6.45. The van der Waals surface area contributed by atoms with Crippen LogP contribution in [0.5, 0.6) is 5.75 Å². The third-order valence-electron chi connectivity index (χ3n) is 2.82. The van der Waals surface area contributed by atoms with Crippen molar-refractivity contribution >= 4 is 35.1 Å². The molecule has 0 aliphatic heterocycles. The van der Waals surface area contributed by atoms with Gasteiger partial charge >= 0.3 is 0 Å². The van der Waals surface area contributed by atoms with Crippen LogP contribution in [0.3, 0.4) is 0 Å². The zero-order chi connectivity index (χ0) is 15.4. The molecule has 0 aliphatic carbocycles. The summed E-state index contributed by atoms with van der Waals surface area (Å²) < 4.78 is 19.0. The highest BCUT2D eigenvalue weighted by atomic mass is 35.5. The topological polar surface area (TPSA) is 26.3 Å². The van der Waals surface area contributed by atoms with E-state index in [1.807, 2.05) is 0 Å². The van der Waals surface area contributed by atoms with Crippen LogP contribution in [0, 0.1) is 0 Å². The van der Waals surface area contributed by atoms with Gasteiger partial charge in [-0.15, -0.1) is 0 Å². The average Bonchev–Trinajstić information content (AvgIpc) is 2.50. The standard InChI is InChI=1S/C16H11Cl2FO2/c1-21-13-8-7-11(14(17)15(13)18)16(20)12(19)9-10-5-3-2-4-6-10/h2-9H,1H3/b12-9-. The largest absolute Gasteiger partial charge is 0.495 e. The molecule has 0 aromatic heterocycles. The molecule has 0 aliphatic rings. The molecule has 0 heterocycles. The van der Waals surface area contributed by atoms with Crippen molar-refractivity contribution in [2.75, 3.05) is 7.11 Å². The van der Waals surface area contributed by atoms with Gasteiger partial charge in [-0.05, 0) is 23.8 Å². The molecule has 0 saturated heterocycles. The van der Waals surface area contributed by atoms with E-state index >= 15 is 0 Å². The summed E-state index contributed by atoms with van der Waals surface area (Å²) >= 11 is 11.9. The molecule has 2 aromatic rings. The predicted molar refractivity (Wildman–Crippen MR) is 82.9 cm³/mol. The van der Waals surface area contributed by atoms with E-state index in [0.29, 0.717) is 11.3 Å². The van der Waals surface area contributed by atoms with E-state index in [9.17, 15) is 9.18 Å². The number of Topliss-reactive ketones (excluding diaryl/α,β-unsaturated/α-hetero) is 1. The van der Waals surface area contributed by atoms with E-state index in [-0.39, 0.29) is 15.6 Å². The first-order valence-corrected chi connectivity index (χ1v) is 6.79. The van der Waals surface area contributed by atoms with Gasteiger partial charge in [-0.1, -0.05) is 53.5 Å². The van der Waals surface area contributed by atoms with Gasteiger partial charge in [0.15, 0.2) is 5.83 Å². The molecule has 0 atom stereocenters. The normalized spacial score (nSPS) is 11.3. The number of halogens is 3. The maximum absolute atomic E-state index is 14.0. The third-order valence-corrected chi connectivity index (χ3v) is 3.69. The van der Waals surface area contributed by atoms with Crippen LogP contribution in [0.2, 0.25) is 10.0 Å². The highest BCUT2D eigenvalue weighted by Gasteiger charge is 2.19. The number of allylic oxidation sites excluding steroid dienone is 1. The summed E-state index contributed by atoms with van der Waals surface area (Å²) in [6.45, 7) is 0. The summed E-state index contributed by atoms with van der Waals surface area (Å²) in [6.07, 6.45) is 1.15. The van der Waals surface area contributed by atoms with Crippen molar-refractivity contribution in [3.8, 4) is 5.75 Å². The van der Waals surface area contributed by atoms with Gasteiger partial charge in [0.1, 0.15) is 10.8 Å². The number of rotatable bonds is 4. The van der Waals surface area contributed by atoms with Crippen molar-refractivity contribution < 1.29 is 13.9 Å². The van der Waals surface area contributed by atoms with Gasteiger partial charge in [-0.25, -0.2) is 4.39 Å². The van der Waals surface area contributed by atoms with Gasteiger partial charge in [0.25, 0.3) is 0 Å². The summed E-state index contributed by atoms with van der Waals surface area (Å²) in [7, 11) is 1.43. The van der Waals surface area contributed by atoms with E-state index in [0.717, 1.165) is 6.08 Å². The quantitative estimate of drug-likeness (QED) is 0.571. The third kappa shape index (κ3) is 3.43. The van der Waals surface area contributed by atoms with E-state index in [4.69, 9.17) is 27.9 Å². The number of hydrogen-bond donors (Lipinski definition) is 0. The van der Waals surface area contributed by atoms with E-state index in [2.05, 4.69) is 0 Å². The van der Waals surface area contributed by atoms with E-state index in [1.165, 1.54) is 19.2 Å². The molecule has 0 fully saturated rings. The number of ether oxygens (including phenoxy) is 1. The number of hydrogen-bond acceptors (Lipinski definition) is 2. The predicted octanol–water partition coefficient (Wildman–Crippen LogP) is 5.20. The maximum atomic E-state index is 14.0. The monoisotopic (exact) mass is 324 g/mol. The molecule has 5 heteroatoms. The molecule has 2 rings (SSSR count). The van der Waals surface area contributed by atoms with Crippen molar-refractivity contribution in [1.29, 1.82) is 0 Å². The molecule has 0 N–H and O–H groups in total. The van der Waals surface area contributed by atoms with Gasteiger partial charge in [-0.2, -0.15) is 0 Å². The Balaban J connectivity index is 2.37. The lowest BCUT2D eigenvalue weighted by Gasteiger charge is -2.08. The van der Waals surface area contributed by atoms with Crippen molar-refractivity contribution in [2.45, 2.75) is 0 Å². The molecular weight excluding hydrogens is 314 g/mol. The zero-order valence-electron chi connectivity index (χ0n) is 11.1. The van der Waals surface area contributed by atoms with Gasteiger partial charge in [0.05, 0.1) is 12.1 Å². The minimum Gasteiger partial charge on any atom is -0.495 e. The fourth-order valence-corrected chi connectivity index (χ4v) is 2.24. The summed E-state index contributed by atoms with van der Waals surface area (Å²) in [5, 5.41) is 0.0511. The Labute approximate surface area is 131 Å². The van der Waals surface area contributed by atoms with Gasteiger partial charge in [0.2, 0.25) is 5.78 Å². The molecule has 21 heavy (non-hydrogen) atoms. The summed E-state index contributed by atoms with van der Waals surface area (Å²) in [5.74, 6) is -1.41. The molecule has 0 spiro atoms. The fraction of sp³-hybridized carbons (Fsp3) is 0.0625. The van der Waals surface area contributed by atoms with Crippen LogP contribution in [0.1, 0.15) is 15.9 Å². The minimum atomic E-state index is -0.913. The van der Waals surface area contributed by atoms with Crippen LogP contribution in [-0.4, -0.2) is 12.9 Å². The van der Waals surface area contributed by atoms with Crippen LogP contribution < -0.4 is 4.74 Å². The number of ketones is 1. The van der Waals surface area contributed by atoms with Crippen molar-refractivity contribution in [1.82, 2.24) is 0 Å². The molecule has 0 bridgehead atoms. The maximum Gasteiger partial charge on any atom is 0.222 e. The first-order valence-electron chi connectivity index (χ1n) is 6.03. The first kappa shape index (κ1) is 15.5. The molecule has 0 amide bonds. The lowest BCUT2D eigenvalue weighted by Crippen LogP contribution is -2.02. The second kappa shape index (κ2) is 6.74. The van der Waals surface area contributed by atoms with Crippen LogP contribution >= 0.6 is 23.2 Å². The molecule has 2 nitrogen and oxygen atoms in total. The molecule has 0 saturated carbocycles. The Hall–Kier alpha value is -1.84. The molecule has 108 valence electrons. The summed E-state index contributed by atoms with van der Waals surface area (Å²) in [4.78, 5) is 12.1. The molecule has 0 unspecified atom stereocenters. The lowest BCUT2D eigenvalue weighted by molar-refractivity contribution is 0.101. The summed E-state index contributed by atoms with van der Waals surface area (Å²) in [5.41, 5.74) is 0.575. The first-order chi connectivity index (χ1) is 10.0. The molecule has 0 radical (unpaired) electrons.